The van der Waals surface area contributed by atoms with Crippen LogP contribution in [-0.4, -0.2) is 33.0 Å². The highest BCUT2D eigenvalue weighted by Crippen LogP contribution is 2.24. The van der Waals surface area contributed by atoms with Crippen molar-refractivity contribution in [3.05, 3.63) is 75.1 Å². The van der Waals surface area contributed by atoms with Crippen LogP contribution >= 0.6 is 11.6 Å². The topological polar surface area (TPSA) is 102 Å². The SMILES string of the molecule is CN(Cc1nnc(-c2ccccc2)o1)C(=O)c1cc([N+](=O)[O-])ccc1Cl. The summed E-state index contributed by atoms with van der Waals surface area (Å²) in [7, 11) is 1.52. The molecular weight excluding hydrogens is 360 g/mol. The second kappa shape index (κ2) is 7.32. The second-order valence-electron chi connectivity index (χ2n) is 5.45. The third-order valence-electron chi connectivity index (χ3n) is 3.60. The highest BCUT2D eigenvalue weighted by molar-refractivity contribution is 6.33. The van der Waals surface area contributed by atoms with E-state index in [0.717, 1.165) is 11.6 Å². The summed E-state index contributed by atoms with van der Waals surface area (Å²) >= 11 is 6.01. The number of amides is 1. The van der Waals surface area contributed by atoms with Crippen LogP contribution in [-0.2, 0) is 6.54 Å². The highest BCUT2D eigenvalue weighted by atomic mass is 35.5. The average molecular weight is 373 g/mol. The van der Waals surface area contributed by atoms with E-state index >= 15 is 0 Å². The monoisotopic (exact) mass is 372 g/mol. The van der Waals surface area contributed by atoms with E-state index in [9.17, 15) is 14.9 Å². The lowest BCUT2D eigenvalue weighted by Gasteiger charge is -2.15. The Kier molecular flexibility index (Phi) is 4.94. The van der Waals surface area contributed by atoms with Crippen molar-refractivity contribution in [2.75, 3.05) is 7.05 Å². The maximum absolute atomic E-state index is 12.6. The van der Waals surface area contributed by atoms with Gasteiger partial charge in [-0.25, -0.2) is 0 Å². The normalized spacial score (nSPS) is 10.5. The number of benzene rings is 2. The summed E-state index contributed by atoms with van der Waals surface area (Å²) in [6.45, 7) is 0.0394. The van der Waals surface area contributed by atoms with Gasteiger partial charge in [-0.15, -0.1) is 10.2 Å². The molecule has 1 aromatic heterocycles. The number of halogens is 1. The maximum atomic E-state index is 12.6. The minimum Gasteiger partial charge on any atom is -0.419 e. The number of nitro benzene ring substituents is 1. The van der Waals surface area contributed by atoms with Gasteiger partial charge in [-0.05, 0) is 18.2 Å². The fourth-order valence-corrected chi connectivity index (χ4v) is 2.48. The number of nitro groups is 1. The van der Waals surface area contributed by atoms with Crippen molar-refractivity contribution in [3.63, 3.8) is 0 Å². The molecule has 0 aliphatic heterocycles. The number of rotatable bonds is 5. The van der Waals surface area contributed by atoms with Crippen LogP contribution in [0.1, 0.15) is 16.2 Å². The van der Waals surface area contributed by atoms with Crippen LogP contribution in [0.15, 0.2) is 52.9 Å². The lowest BCUT2D eigenvalue weighted by atomic mass is 10.1. The van der Waals surface area contributed by atoms with Crippen LogP contribution in [0.3, 0.4) is 0 Å². The molecule has 0 aliphatic carbocycles. The first kappa shape index (κ1) is 17.6. The minimum atomic E-state index is -0.586. The molecule has 0 aliphatic rings. The van der Waals surface area contributed by atoms with Gasteiger partial charge in [0, 0.05) is 24.7 Å². The standard InChI is InChI=1S/C17H13ClN4O4/c1-21(17(23)13-9-12(22(24)25)7-8-14(13)18)10-15-19-20-16(26-15)11-5-3-2-4-6-11/h2-9H,10H2,1H3. The van der Waals surface area contributed by atoms with Gasteiger partial charge in [0.15, 0.2) is 0 Å². The number of carbonyl (C=O) groups is 1. The molecule has 0 bridgehead atoms. The van der Waals surface area contributed by atoms with Crippen molar-refractivity contribution in [1.82, 2.24) is 15.1 Å². The fraction of sp³-hybridized carbons (Fsp3) is 0.118. The molecule has 8 nitrogen and oxygen atoms in total. The number of nitrogens with zero attached hydrogens (tertiary/aromatic N) is 4. The van der Waals surface area contributed by atoms with Crippen LogP contribution in [0.5, 0.6) is 0 Å². The van der Waals surface area contributed by atoms with Gasteiger partial charge in [-0.2, -0.15) is 0 Å². The first-order valence-corrected chi connectivity index (χ1v) is 7.90. The Morgan fingerprint density at radius 3 is 2.65 bits per heavy atom. The van der Waals surface area contributed by atoms with Gasteiger partial charge in [-0.1, -0.05) is 29.8 Å². The summed E-state index contributed by atoms with van der Waals surface area (Å²) in [5.74, 6) is 0.0919. The molecule has 0 radical (unpaired) electrons. The molecule has 0 saturated heterocycles. The van der Waals surface area contributed by atoms with E-state index in [1.807, 2.05) is 30.3 Å². The van der Waals surface area contributed by atoms with Crippen molar-refractivity contribution < 1.29 is 14.1 Å². The molecule has 9 heteroatoms. The summed E-state index contributed by atoms with van der Waals surface area (Å²) in [5, 5.41) is 18.9. The third-order valence-corrected chi connectivity index (χ3v) is 3.93. The molecule has 3 rings (SSSR count). The van der Waals surface area contributed by atoms with Crippen molar-refractivity contribution in [2.45, 2.75) is 6.54 Å². The number of hydrogen-bond donors (Lipinski definition) is 0. The van der Waals surface area contributed by atoms with Crippen molar-refractivity contribution >= 4 is 23.2 Å². The maximum Gasteiger partial charge on any atom is 0.270 e. The van der Waals surface area contributed by atoms with Crippen molar-refractivity contribution in [3.8, 4) is 11.5 Å². The first-order chi connectivity index (χ1) is 12.5. The smallest absolute Gasteiger partial charge is 0.270 e. The molecule has 0 fully saturated rings. The quantitative estimate of drug-likeness (QED) is 0.501. The molecule has 3 aromatic rings. The van der Waals surface area contributed by atoms with E-state index in [0.29, 0.717) is 5.89 Å². The molecule has 132 valence electrons. The lowest BCUT2D eigenvalue weighted by Crippen LogP contribution is -2.26. The van der Waals surface area contributed by atoms with Crippen LogP contribution in [0.25, 0.3) is 11.5 Å². The van der Waals surface area contributed by atoms with E-state index in [-0.39, 0.29) is 28.7 Å². The average Bonchev–Trinajstić information content (AvgIpc) is 3.10. The second-order valence-corrected chi connectivity index (χ2v) is 5.86. The van der Waals surface area contributed by atoms with Gasteiger partial charge in [0.25, 0.3) is 11.6 Å². The number of non-ortho nitro benzene ring substituents is 1. The molecule has 0 unspecified atom stereocenters. The number of hydrogen-bond acceptors (Lipinski definition) is 6. The van der Waals surface area contributed by atoms with Crippen molar-refractivity contribution in [2.24, 2.45) is 0 Å². The predicted octanol–water partition coefficient (Wildman–Crippen LogP) is 3.57. The lowest BCUT2D eigenvalue weighted by molar-refractivity contribution is -0.384. The van der Waals surface area contributed by atoms with Gasteiger partial charge in [0.1, 0.15) is 0 Å². The Bertz CT molecular complexity index is 958. The summed E-state index contributed by atoms with van der Waals surface area (Å²) in [4.78, 5) is 24.2. The molecule has 26 heavy (non-hydrogen) atoms. The van der Waals surface area contributed by atoms with Gasteiger partial charge in [0.2, 0.25) is 11.8 Å². The Balaban J connectivity index is 1.77. The Labute approximate surface area is 153 Å². The van der Waals surface area contributed by atoms with E-state index in [1.165, 1.54) is 24.1 Å². The van der Waals surface area contributed by atoms with E-state index in [1.54, 1.807) is 0 Å². The molecule has 1 heterocycles. The Hall–Kier alpha value is -3.26. The molecule has 2 aromatic carbocycles. The summed E-state index contributed by atoms with van der Waals surface area (Å²) in [6.07, 6.45) is 0. The zero-order chi connectivity index (χ0) is 18.7. The Morgan fingerprint density at radius 1 is 1.23 bits per heavy atom. The molecule has 1 amide bonds. The van der Waals surface area contributed by atoms with E-state index < -0.39 is 10.8 Å². The van der Waals surface area contributed by atoms with Gasteiger partial charge in [-0.3, -0.25) is 14.9 Å². The summed E-state index contributed by atoms with van der Waals surface area (Å²) < 4.78 is 5.56. The Morgan fingerprint density at radius 2 is 1.96 bits per heavy atom. The third kappa shape index (κ3) is 3.70. The summed E-state index contributed by atoms with van der Waals surface area (Å²) in [6, 6.07) is 12.9. The summed E-state index contributed by atoms with van der Waals surface area (Å²) in [5.41, 5.74) is 0.587. The largest absolute Gasteiger partial charge is 0.419 e. The highest BCUT2D eigenvalue weighted by Gasteiger charge is 2.21. The first-order valence-electron chi connectivity index (χ1n) is 7.53. The van der Waals surface area contributed by atoms with Gasteiger partial charge >= 0.3 is 0 Å². The molecule has 0 saturated carbocycles. The number of carbonyl (C=O) groups excluding carboxylic acids is 1. The minimum absolute atomic E-state index is 0.0335. The molecular formula is C17H13ClN4O4. The van der Waals surface area contributed by atoms with Crippen LogP contribution in [0, 0.1) is 10.1 Å². The zero-order valence-electron chi connectivity index (χ0n) is 13.6. The fourth-order valence-electron chi connectivity index (χ4n) is 2.29. The van der Waals surface area contributed by atoms with Crippen LogP contribution < -0.4 is 0 Å². The van der Waals surface area contributed by atoms with Crippen LogP contribution in [0.2, 0.25) is 5.02 Å². The molecule has 0 N–H and O–H groups in total. The van der Waals surface area contributed by atoms with E-state index in [2.05, 4.69) is 10.2 Å². The number of aromatic nitrogens is 2. The van der Waals surface area contributed by atoms with Crippen molar-refractivity contribution in [1.29, 1.82) is 0 Å². The van der Waals surface area contributed by atoms with E-state index in [4.69, 9.17) is 16.0 Å². The van der Waals surface area contributed by atoms with Gasteiger partial charge in [0.05, 0.1) is 22.1 Å². The molecule has 0 atom stereocenters. The molecule has 0 spiro atoms. The van der Waals surface area contributed by atoms with Crippen LogP contribution in [0.4, 0.5) is 5.69 Å². The van der Waals surface area contributed by atoms with Gasteiger partial charge < -0.3 is 9.32 Å². The zero-order valence-corrected chi connectivity index (χ0v) is 14.4. The predicted molar refractivity (Wildman–Crippen MR) is 93.6 cm³/mol.